The number of hydrogen-bond donors (Lipinski definition) is 2. The molecule has 1 aliphatic rings. The minimum Gasteiger partial charge on any atom is -0.482 e. The summed E-state index contributed by atoms with van der Waals surface area (Å²) in [6.45, 7) is -0.370. The highest BCUT2D eigenvalue weighted by Crippen LogP contribution is 2.32. The summed E-state index contributed by atoms with van der Waals surface area (Å²) >= 11 is 0. The smallest absolute Gasteiger partial charge is 0.418 e. The quantitative estimate of drug-likeness (QED) is 0.500. The zero-order chi connectivity index (χ0) is 23.9. The van der Waals surface area contributed by atoms with Gasteiger partial charge in [0.1, 0.15) is 5.75 Å². The van der Waals surface area contributed by atoms with Crippen molar-refractivity contribution >= 4 is 23.4 Å². The molecular formula is C27H27NO6. The maximum absolute atomic E-state index is 13.2. The lowest BCUT2D eigenvalue weighted by Crippen LogP contribution is -2.32. The van der Waals surface area contributed by atoms with Crippen LogP contribution in [0.25, 0.3) is 0 Å². The normalized spacial score (nSPS) is 17.2. The molecule has 0 saturated heterocycles. The summed E-state index contributed by atoms with van der Waals surface area (Å²) < 4.78 is 11.2. The van der Waals surface area contributed by atoms with E-state index in [4.69, 9.17) is 14.6 Å². The van der Waals surface area contributed by atoms with Crippen molar-refractivity contribution in [2.24, 2.45) is 5.92 Å². The molecule has 0 fully saturated rings. The maximum Gasteiger partial charge on any atom is 0.418 e. The van der Waals surface area contributed by atoms with Crippen molar-refractivity contribution in [2.45, 2.75) is 25.4 Å². The second kappa shape index (κ2) is 10.9. The molecule has 7 nitrogen and oxygen atoms in total. The lowest BCUT2D eigenvalue weighted by atomic mass is 9.95. The molecule has 3 aromatic carbocycles. The molecular weight excluding hydrogens is 434 g/mol. The van der Waals surface area contributed by atoms with Gasteiger partial charge in [0.25, 0.3) is 0 Å². The van der Waals surface area contributed by atoms with Gasteiger partial charge in [-0.1, -0.05) is 48.5 Å². The summed E-state index contributed by atoms with van der Waals surface area (Å²) in [7, 11) is 0. The highest BCUT2D eigenvalue weighted by molar-refractivity contribution is 5.95. The molecule has 2 N–H and O–H groups in total. The number of hydrogen-bond acceptors (Lipinski definition) is 5. The summed E-state index contributed by atoms with van der Waals surface area (Å²) in [5.41, 5.74) is 3.23. The van der Waals surface area contributed by atoms with E-state index in [2.05, 4.69) is 0 Å². The fourth-order valence-electron chi connectivity index (χ4n) is 4.23. The number of para-hydroxylation sites is 2. The molecule has 7 heteroatoms. The number of ether oxygens (including phenoxy) is 2. The number of aliphatic hydroxyl groups excluding tert-OH is 1. The van der Waals surface area contributed by atoms with E-state index < -0.39 is 24.8 Å². The number of carbonyl (C=O) groups is 2. The second-order valence-corrected chi connectivity index (χ2v) is 8.23. The van der Waals surface area contributed by atoms with Crippen LogP contribution in [0.5, 0.6) is 5.75 Å². The van der Waals surface area contributed by atoms with Gasteiger partial charge in [-0.3, -0.25) is 0 Å². The molecule has 1 aliphatic carbocycles. The first-order valence-electron chi connectivity index (χ1n) is 11.2. The van der Waals surface area contributed by atoms with Crippen molar-refractivity contribution in [2.75, 3.05) is 18.1 Å². The SMILES string of the molecule is O=C(O)COc1cccc2c1CCC(O)C(COC(=O)N(c1ccccc1)c1ccccc1)C2. The highest BCUT2D eigenvalue weighted by atomic mass is 16.6. The topological polar surface area (TPSA) is 96.3 Å². The molecule has 0 bridgehead atoms. The number of nitrogens with zero attached hydrogens (tertiary/aromatic N) is 1. The van der Waals surface area contributed by atoms with Crippen LogP contribution in [-0.2, 0) is 22.4 Å². The van der Waals surface area contributed by atoms with Gasteiger partial charge < -0.3 is 19.7 Å². The van der Waals surface area contributed by atoms with Crippen molar-refractivity contribution < 1.29 is 29.3 Å². The molecule has 3 aromatic rings. The highest BCUT2D eigenvalue weighted by Gasteiger charge is 2.29. The number of fused-ring (bicyclic) bond motifs is 1. The first kappa shape index (κ1) is 23.3. The number of aliphatic carboxylic acids is 1. The van der Waals surface area contributed by atoms with Crippen LogP contribution in [0.1, 0.15) is 17.5 Å². The Morgan fingerprint density at radius 3 is 2.18 bits per heavy atom. The predicted molar refractivity (Wildman–Crippen MR) is 127 cm³/mol. The Morgan fingerprint density at radius 1 is 0.912 bits per heavy atom. The van der Waals surface area contributed by atoms with Gasteiger partial charge in [-0.2, -0.15) is 0 Å². The van der Waals surface area contributed by atoms with Crippen molar-refractivity contribution in [1.29, 1.82) is 0 Å². The van der Waals surface area contributed by atoms with Crippen LogP contribution in [-0.4, -0.2) is 41.6 Å². The maximum atomic E-state index is 13.2. The molecule has 0 aromatic heterocycles. The average Bonchev–Trinajstić information content (AvgIpc) is 3.01. The molecule has 0 spiro atoms. The molecule has 0 radical (unpaired) electrons. The predicted octanol–water partition coefficient (Wildman–Crippen LogP) is 4.59. The molecule has 4 rings (SSSR count). The second-order valence-electron chi connectivity index (χ2n) is 8.23. The number of anilines is 2. The Balaban J connectivity index is 1.49. The first-order chi connectivity index (χ1) is 16.5. The molecule has 0 saturated carbocycles. The zero-order valence-corrected chi connectivity index (χ0v) is 18.7. The number of carboxylic acid groups (broad SMARTS) is 1. The van der Waals surface area contributed by atoms with Gasteiger partial charge in [0.15, 0.2) is 6.61 Å². The first-order valence-corrected chi connectivity index (χ1v) is 11.2. The van der Waals surface area contributed by atoms with Gasteiger partial charge in [0.05, 0.1) is 24.1 Å². The number of rotatable bonds is 7. The number of carbonyl (C=O) groups excluding carboxylic acids is 1. The Morgan fingerprint density at radius 2 is 1.56 bits per heavy atom. The van der Waals surface area contributed by atoms with Gasteiger partial charge in [-0.25, -0.2) is 14.5 Å². The van der Waals surface area contributed by atoms with E-state index in [1.807, 2.05) is 72.8 Å². The molecule has 0 aliphatic heterocycles. The van der Waals surface area contributed by atoms with Crippen LogP contribution in [0.4, 0.5) is 16.2 Å². The fraction of sp³-hybridized carbons (Fsp3) is 0.259. The fourth-order valence-corrected chi connectivity index (χ4v) is 4.23. The Labute approximate surface area is 198 Å². The Hall–Kier alpha value is -3.84. The summed E-state index contributed by atoms with van der Waals surface area (Å²) in [6.07, 6.45) is 0.313. The van der Waals surface area contributed by atoms with E-state index in [0.717, 1.165) is 11.1 Å². The van der Waals surface area contributed by atoms with E-state index in [0.29, 0.717) is 36.4 Å². The van der Waals surface area contributed by atoms with Crippen molar-refractivity contribution in [1.82, 2.24) is 0 Å². The number of amides is 1. The van der Waals surface area contributed by atoms with Crippen LogP contribution in [0.3, 0.4) is 0 Å². The monoisotopic (exact) mass is 461 g/mol. The van der Waals surface area contributed by atoms with Crippen LogP contribution < -0.4 is 9.64 Å². The van der Waals surface area contributed by atoms with Gasteiger partial charge in [-0.05, 0) is 60.7 Å². The lowest BCUT2D eigenvalue weighted by molar-refractivity contribution is -0.139. The van der Waals surface area contributed by atoms with Crippen LogP contribution >= 0.6 is 0 Å². The lowest BCUT2D eigenvalue weighted by Gasteiger charge is -2.25. The van der Waals surface area contributed by atoms with Crippen molar-refractivity contribution in [3.63, 3.8) is 0 Å². The minimum absolute atomic E-state index is 0.0514. The number of benzene rings is 3. The van der Waals surface area contributed by atoms with Crippen LogP contribution in [0.2, 0.25) is 0 Å². The molecule has 2 atom stereocenters. The van der Waals surface area contributed by atoms with Crippen LogP contribution in [0, 0.1) is 5.92 Å². The molecule has 1 amide bonds. The van der Waals surface area contributed by atoms with E-state index in [1.54, 1.807) is 6.07 Å². The molecule has 0 heterocycles. The van der Waals surface area contributed by atoms with Crippen molar-refractivity contribution in [3.05, 3.63) is 90.0 Å². The average molecular weight is 462 g/mol. The Kier molecular flexibility index (Phi) is 7.44. The van der Waals surface area contributed by atoms with Gasteiger partial charge in [0, 0.05) is 5.92 Å². The molecule has 2 unspecified atom stereocenters. The number of aliphatic hydroxyl groups is 1. The van der Waals surface area contributed by atoms with E-state index in [-0.39, 0.29) is 12.5 Å². The van der Waals surface area contributed by atoms with E-state index >= 15 is 0 Å². The largest absolute Gasteiger partial charge is 0.482 e. The summed E-state index contributed by atoms with van der Waals surface area (Å²) in [5, 5.41) is 19.7. The minimum atomic E-state index is -1.04. The number of carboxylic acids is 1. The van der Waals surface area contributed by atoms with Gasteiger partial charge in [-0.15, -0.1) is 0 Å². The third kappa shape index (κ3) is 5.55. The zero-order valence-electron chi connectivity index (χ0n) is 18.7. The molecule has 34 heavy (non-hydrogen) atoms. The van der Waals surface area contributed by atoms with Gasteiger partial charge >= 0.3 is 12.1 Å². The van der Waals surface area contributed by atoms with E-state index in [9.17, 15) is 14.7 Å². The standard InChI is InChI=1S/C27H27NO6/c29-24-15-14-23-19(8-7-13-25(23)33-18-26(30)31)16-20(24)17-34-27(32)28(21-9-3-1-4-10-21)22-11-5-2-6-12-22/h1-13,20,24,29H,14-18H2,(H,30,31). The van der Waals surface area contributed by atoms with Crippen molar-refractivity contribution in [3.8, 4) is 5.75 Å². The van der Waals surface area contributed by atoms with Crippen LogP contribution in [0.15, 0.2) is 78.9 Å². The third-order valence-corrected chi connectivity index (χ3v) is 5.93. The van der Waals surface area contributed by atoms with E-state index in [1.165, 1.54) is 4.90 Å². The molecule has 176 valence electrons. The third-order valence-electron chi connectivity index (χ3n) is 5.93. The van der Waals surface area contributed by atoms with Gasteiger partial charge in [0.2, 0.25) is 0 Å². The summed E-state index contributed by atoms with van der Waals surface area (Å²) in [6, 6.07) is 24.0. The summed E-state index contributed by atoms with van der Waals surface area (Å²) in [5.74, 6) is -0.824. The summed E-state index contributed by atoms with van der Waals surface area (Å²) in [4.78, 5) is 25.6. The Bertz CT molecular complexity index is 1080.